The molecule has 0 fully saturated rings. The van der Waals surface area contributed by atoms with E-state index in [1.54, 1.807) is 13.0 Å². The van der Waals surface area contributed by atoms with Gasteiger partial charge in [-0.05, 0) is 26.0 Å². The lowest BCUT2D eigenvalue weighted by molar-refractivity contribution is -0.124. The zero-order valence-electron chi connectivity index (χ0n) is 9.61. The van der Waals surface area contributed by atoms with Crippen LogP contribution in [-0.2, 0) is 9.59 Å². The molecular weight excluding hydrogens is 222 g/mol. The minimum atomic E-state index is -1.12. The number of benzene rings is 1. The Morgan fingerprint density at radius 1 is 1.29 bits per heavy atom. The Labute approximate surface area is 98.4 Å². The quantitative estimate of drug-likeness (QED) is 0.776. The van der Waals surface area contributed by atoms with Crippen molar-refractivity contribution in [1.82, 2.24) is 0 Å². The lowest BCUT2D eigenvalue weighted by Crippen LogP contribution is -2.17. The summed E-state index contributed by atoms with van der Waals surface area (Å²) in [5, 5.41) is 11.4. The number of ketones is 1. The number of aromatic carboxylic acids is 1. The van der Waals surface area contributed by atoms with Crippen molar-refractivity contribution in [3.63, 3.8) is 0 Å². The Hall–Kier alpha value is -2.17. The third-order valence-corrected chi connectivity index (χ3v) is 2.09. The molecular formula is C12H13NO4. The summed E-state index contributed by atoms with van der Waals surface area (Å²) >= 11 is 0. The number of rotatable bonds is 4. The molecule has 1 aromatic rings. The van der Waals surface area contributed by atoms with Crippen LogP contribution in [0.3, 0.4) is 0 Å². The van der Waals surface area contributed by atoms with Gasteiger partial charge >= 0.3 is 5.97 Å². The van der Waals surface area contributed by atoms with Crippen molar-refractivity contribution < 1.29 is 19.5 Å². The molecule has 5 heteroatoms. The average Bonchev–Trinajstić information content (AvgIpc) is 2.19. The topological polar surface area (TPSA) is 83.5 Å². The second-order valence-corrected chi connectivity index (χ2v) is 3.78. The van der Waals surface area contributed by atoms with Crippen LogP contribution in [-0.4, -0.2) is 22.8 Å². The highest BCUT2D eigenvalue weighted by Crippen LogP contribution is 2.17. The van der Waals surface area contributed by atoms with Gasteiger partial charge in [0.25, 0.3) is 0 Å². The molecule has 0 spiro atoms. The fraction of sp³-hybridized carbons (Fsp3) is 0.250. The molecule has 0 radical (unpaired) electrons. The van der Waals surface area contributed by atoms with Crippen LogP contribution >= 0.6 is 0 Å². The number of hydrogen-bond acceptors (Lipinski definition) is 3. The standard InChI is InChI=1S/C12H13NO4/c1-7-3-4-10(9(5-7)12(16)17)13-11(15)6-8(2)14/h3-5H,6H2,1-2H3,(H,13,15)(H,16,17). The minimum absolute atomic E-state index is 0.0157. The number of carbonyl (C=O) groups excluding carboxylic acids is 2. The molecule has 0 bridgehead atoms. The Kier molecular flexibility index (Phi) is 3.98. The van der Waals surface area contributed by atoms with Gasteiger partial charge in [0.05, 0.1) is 17.7 Å². The molecule has 1 aromatic carbocycles. The smallest absolute Gasteiger partial charge is 0.337 e. The van der Waals surface area contributed by atoms with Crippen LogP contribution in [0, 0.1) is 6.92 Å². The van der Waals surface area contributed by atoms with Gasteiger partial charge in [0, 0.05) is 0 Å². The van der Waals surface area contributed by atoms with E-state index in [1.165, 1.54) is 19.1 Å². The molecule has 0 aliphatic rings. The van der Waals surface area contributed by atoms with Gasteiger partial charge in [0.2, 0.25) is 5.91 Å². The monoisotopic (exact) mass is 235 g/mol. The predicted octanol–water partition coefficient (Wildman–Crippen LogP) is 1.61. The maximum Gasteiger partial charge on any atom is 0.337 e. The zero-order chi connectivity index (χ0) is 13.0. The summed E-state index contributed by atoms with van der Waals surface area (Å²) < 4.78 is 0. The Morgan fingerprint density at radius 2 is 1.94 bits per heavy atom. The van der Waals surface area contributed by atoms with Crippen molar-refractivity contribution in [2.45, 2.75) is 20.3 Å². The van der Waals surface area contributed by atoms with Crippen LogP contribution in [0.5, 0.6) is 0 Å². The maximum atomic E-state index is 11.4. The first-order valence-corrected chi connectivity index (χ1v) is 5.03. The molecule has 17 heavy (non-hydrogen) atoms. The summed E-state index contributed by atoms with van der Waals surface area (Å²) in [4.78, 5) is 33.1. The maximum absolute atomic E-state index is 11.4. The van der Waals surface area contributed by atoms with Gasteiger partial charge in [0.15, 0.2) is 0 Å². The number of aryl methyl sites for hydroxylation is 1. The first-order valence-electron chi connectivity index (χ1n) is 5.03. The molecule has 0 aromatic heterocycles. The van der Waals surface area contributed by atoms with E-state index in [1.807, 2.05) is 0 Å². The number of carboxylic acid groups (broad SMARTS) is 1. The van der Waals surface area contributed by atoms with E-state index < -0.39 is 11.9 Å². The zero-order valence-corrected chi connectivity index (χ0v) is 9.61. The van der Waals surface area contributed by atoms with Crippen LogP contribution < -0.4 is 5.32 Å². The van der Waals surface area contributed by atoms with Crippen LogP contribution in [0.15, 0.2) is 18.2 Å². The van der Waals surface area contributed by atoms with Crippen molar-refractivity contribution in [3.8, 4) is 0 Å². The van der Waals surface area contributed by atoms with Crippen molar-refractivity contribution in [3.05, 3.63) is 29.3 Å². The van der Waals surface area contributed by atoms with Gasteiger partial charge < -0.3 is 10.4 Å². The van der Waals surface area contributed by atoms with E-state index in [0.29, 0.717) is 0 Å². The molecule has 90 valence electrons. The van der Waals surface area contributed by atoms with E-state index >= 15 is 0 Å². The van der Waals surface area contributed by atoms with Gasteiger partial charge in [-0.15, -0.1) is 0 Å². The highest BCUT2D eigenvalue weighted by Gasteiger charge is 2.13. The fourth-order valence-electron chi connectivity index (χ4n) is 1.36. The Morgan fingerprint density at radius 3 is 2.47 bits per heavy atom. The summed E-state index contributed by atoms with van der Waals surface area (Å²) in [7, 11) is 0. The van der Waals surface area contributed by atoms with E-state index in [2.05, 4.69) is 5.32 Å². The van der Waals surface area contributed by atoms with Crippen molar-refractivity contribution in [2.24, 2.45) is 0 Å². The summed E-state index contributed by atoms with van der Waals surface area (Å²) in [6.45, 7) is 3.06. The van der Waals surface area contributed by atoms with Gasteiger partial charge in [-0.25, -0.2) is 4.79 Å². The second-order valence-electron chi connectivity index (χ2n) is 3.78. The summed E-state index contributed by atoms with van der Waals surface area (Å²) in [6.07, 6.45) is -0.257. The number of carboxylic acids is 1. The second kappa shape index (κ2) is 5.25. The minimum Gasteiger partial charge on any atom is -0.478 e. The molecule has 0 atom stereocenters. The summed E-state index contributed by atoms with van der Waals surface area (Å²) in [5.74, 6) is -1.90. The molecule has 0 aliphatic heterocycles. The first-order chi connectivity index (χ1) is 7.90. The highest BCUT2D eigenvalue weighted by atomic mass is 16.4. The molecule has 2 N–H and O–H groups in total. The van der Waals surface area contributed by atoms with Crippen LogP contribution in [0.2, 0.25) is 0 Å². The number of Topliss-reactive ketones (excluding diaryl/α,β-unsaturated/α-hetero) is 1. The highest BCUT2D eigenvalue weighted by molar-refractivity contribution is 6.06. The molecule has 0 unspecified atom stereocenters. The van der Waals surface area contributed by atoms with Crippen molar-refractivity contribution >= 4 is 23.3 Å². The average molecular weight is 235 g/mol. The molecule has 0 saturated carbocycles. The number of amides is 1. The van der Waals surface area contributed by atoms with E-state index in [0.717, 1.165) is 5.56 Å². The van der Waals surface area contributed by atoms with Crippen molar-refractivity contribution in [2.75, 3.05) is 5.32 Å². The molecule has 1 rings (SSSR count). The third-order valence-electron chi connectivity index (χ3n) is 2.09. The molecule has 5 nitrogen and oxygen atoms in total. The van der Waals surface area contributed by atoms with Gasteiger partial charge in [-0.3, -0.25) is 9.59 Å². The largest absolute Gasteiger partial charge is 0.478 e. The van der Waals surface area contributed by atoms with E-state index in [-0.39, 0.29) is 23.5 Å². The van der Waals surface area contributed by atoms with Gasteiger partial charge in [0.1, 0.15) is 5.78 Å². The van der Waals surface area contributed by atoms with E-state index in [4.69, 9.17) is 5.11 Å². The van der Waals surface area contributed by atoms with Crippen LogP contribution in [0.1, 0.15) is 29.3 Å². The Balaban J connectivity index is 2.94. The van der Waals surface area contributed by atoms with Crippen LogP contribution in [0.25, 0.3) is 0 Å². The number of anilines is 1. The van der Waals surface area contributed by atoms with Gasteiger partial charge in [-0.2, -0.15) is 0 Å². The predicted molar refractivity (Wildman–Crippen MR) is 62.1 cm³/mol. The summed E-state index contributed by atoms with van der Waals surface area (Å²) in [6, 6.07) is 4.67. The SMILES string of the molecule is CC(=O)CC(=O)Nc1ccc(C)cc1C(=O)O. The molecule has 1 amide bonds. The van der Waals surface area contributed by atoms with E-state index in [9.17, 15) is 14.4 Å². The lowest BCUT2D eigenvalue weighted by Gasteiger charge is -2.08. The first kappa shape index (κ1) is 12.9. The summed E-state index contributed by atoms with van der Waals surface area (Å²) in [5.41, 5.74) is 1.00. The number of hydrogen-bond donors (Lipinski definition) is 2. The molecule has 0 heterocycles. The van der Waals surface area contributed by atoms with Gasteiger partial charge in [-0.1, -0.05) is 11.6 Å². The number of carbonyl (C=O) groups is 3. The fourth-order valence-corrected chi connectivity index (χ4v) is 1.36. The third kappa shape index (κ3) is 3.71. The molecule has 0 aliphatic carbocycles. The lowest BCUT2D eigenvalue weighted by atomic mass is 10.1. The van der Waals surface area contributed by atoms with Crippen LogP contribution in [0.4, 0.5) is 5.69 Å². The Bertz CT molecular complexity index is 479. The normalized spacial score (nSPS) is 9.76. The van der Waals surface area contributed by atoms with Crippen molar-refractivity contribution in [1.29, 1.82) is 0 Å². The molecule has 0 saturated heterocycles. The number of nitrogens with one attached hydrogen (secondary N) is 1.